The van der Waals surface area contributed by atoms with Gasteiger partial charge in [0.15, 0.2) is 0 Å². The van der Waals surface area contributed by atoms with Crippen LogP contribution in [0, 0.1) is 23.7 Å². The lowest BCUT2D eigenvalue weighted by Gasteiger charge is -2.33. The van der Waals surface area contributed by atoms with E-state index in [4.69, 9.17) is 54.4 Å². The smallest absolute Gasteiger partial charge is 0.382 e. The molecule has 4 unspecified atom stereocenters. The quantitative estimate of drug-likeness (QED) is 0.0429. The fourth-order valence-corrected chi connectivity index (χ4v) is 10.1. The molecule has 0 heterocycles. The van der Waals surface area contributed by atoms with Crippen molar-refractivity contribution >= 4 is 18.1 Å². The van der Waals surface area contributed by atoms with Crippen molar-refractivity contribution < 1.29 is 54.4 Å². The maximum Gasteiger partial charge on any atom is 0.680 e. The van der Waals surface area contributed by atoms with Crippen LogP contribution in [0.25, 0.3) is 0 Å². The van der Waals surface area contributed by atoms with Crippen molar-refractivity contribution in [3.8, 4) is 0 Å². The Bertz CT molecular complexity index is 688. The van der Waals surface area contributed by atoms with Crippen molar-refractivity contribution in [1.29, 1.82) is 0 Å². The van der Waals surface area contributed by atoms with Crippen LogP contribution in [0.5, 0.6) is 0 Å². The maximum atomic E-state index is 6.75. The highest BCUT2D eigenvalue weighted by atomic mass is 28.4. The Hall–Kier alpha value is -0.0462. The molecule has 0 saturated heterocycles. The van der Waals surface area contributed by atoms with Gasteiger partial charge in [-0.05, 0) is 49.4 Å². The van der Waals surface area contributed by atoms with Gasteiger partial charge in [-0.2, -0.15) is 0 Å². The molecule has 4 atom stereocenters. The average molecular weight is 873 g/mol. The molecule has 0 aliphatic heterocycles. The molecule has 0 amide bonds. The Balaban J connectivity index is 0. The Morgan fingerprint density at radius 1 is 0.293 bits per heavy atom. The van der Waals surface area contributed by atoms with Crippen molar-refractivity contribution in [2.24, 2.45) is 23.7 Å². The molecule has 0 saturated carbocycles. The molecule has 58 heavy (non-hydrogen) atoms. The van der Waals surface area contributed by atoms with Crippen LogP contribution in [0.15, 0.2) is 0 Å². The predicted molar refractivity (Wildman–Crippen MR) is 240 cm³/mol. The van der Waals surface area contributed by atoms with Crippen LogP contribution in [-0.2, 0) is 54.4 Å². The van der Waals surface area contributed by atoms with Gasteiger partial charge in [-0.25, -0.2) is 0 Å². The van der Waals surface area contributed by atoms with E-state index < -0.39 is 18.1 Å². The van der Waals surface area contributed by atoms with Gasteiger partial charge in [-0.3, -0.25) is 0 Å². The van der Waals surface area contributed by atoms with Crippen LogP contribution in [0.4, 0.5) is 0 Å². The van der Waals surface area contributed by atoms with Crippen molar-refractivity contribution in [3.05, 3.63) is 0 Å². The molecule has 0 aromatic carbocycles. The summed E-state index contributed by atoms with van der Waals surface area (Å²) in [6.07, 6.45) is 19.2. The maximum absolute atomic E-state index is 6.75. The molecule has 0 radical (unpaired) electrons. The number of rotatable bonds is 44. The minimum Gasteiger partial charge on any atom is -0.382 e. The van der Waals surface area contributed by atoms with E-state index in [-0.39, 0.29) is 0 Å². The van der Waals surface area contributed by atoms with Gasteiger partial charge in [0.25, 0.3) is 0 Å². The second-order valence-corrected chi connectivity index (χ2v) is 19.6. The van der Waals surface area contributed by atoms with Gasteiger partial charge in [-0.1, -0.05) is 132 Å². The number of ether oxygens (including phenoxy) is 4. The van der Waals surface area contributed by atoms with Gasteiger partial charge < -0.3 is 54.4 Å². The Morgan fingerprint density at radius 2 is 0.500 bits per heavy atom. The number of methoxy groups -OCH3 is 4. The first-order valence-corrected chi connectivity index (χ1v) is 26.6. The lowest BCUT2D eigenvalue weighted by Crippen LogP contribution is -2.52. The topological polar surface area (TPSA) is 111 Å². The van der Waals surface area contributed by atoms with Crippen LogP contribution in [0.3, 0.4) is 0 Å². The van der Waals surface area contributed by atoms with Crippen molar-refractivity contribution in [3.63, 3.8) is 0 Å². The van der Waals surface area contributed by atoms with Gasteiger partial charge in [0, 0.05) is 54.9 Å². The standard InChI is InChI=1S/C32H68O4Si.C12H28O8Si/c1-9-17-21-29(13-5)25-33-37(34-26-30(14-6)22-18-10-2,35-27-31(15-7)23-19-11-3)36-28-32(16-8)24-20-12-4;1-13-5-9-17-21(18-10-6-14-2,19-11-7-15-3)20-12-8-16-4/h29-32H,9-28H2,1-8H3;5-12H2,1-4H3. The molecule has 0 fully saturated rings. The zero-order valence-electron chi connectivity index (χ0n) is 40.0. The second-order valence-electron chi connectivity index (χ2n) is 15.3. The minimum absolute atomic E-state index is 0.315. The first kappa shape index (κ1) is 60.0. The Labute approximate surface area is 361 Å². The highest BCUT2D eigenvalue weighted by molar-refractivity contribution is 6.53. The third-order valence-electron chi connectivity index (χ3n) is 10.4. The van der Waals surface area contributed by atoms with Crippen molar-refractivity contribution in [2.75, 3.05) is 108 Å². The van der Waals surface area contributed by atoms with Gasteiger partial charge in [0.1, 0.15) is 0 Å². The molecule has 14 heteroatoms. The summed E-state index contributed by atoms with van der Waals surface area (Å²) in [5.41, 5.74) is 0. The lowest BCUT2D eigenvalue weighted by molar-refractivity contribution is -0.0620. The van der Waals surface area contributed by atoms with Crippen LogP contribution >= 0.6 is 0 Å². The third kappa shape index (κ3) is 32.6. The largest absolute Gasteiger partial charge is 0.680 e. The molecule has 12 nitrogen and oxygen atoms in total. The highest BCUT2D eigenvalue weighted by Crippen LogP contribution is 2.26. The summed E-state index contributed by atoms with van der Waals surface area (Å²) in [4.78, 5) is 0. The second kappa shape index (κ2) is 43.6. The van der Waals surface area contributed by atoms with E-state index in [1.165, 1.54) is 77.0 Å². The molecule has 352 valence electrons. The number of hydrogen-bond acceptors (Lipinski definition) is 12. The normalized spacial score (nSPS) is 15.1. The van der Waals surface area contributed by atoms with Gasteiger partial charge >= 0.3 is 18.1 Å². The van der Waals surface area contributed by atoms with E-state index in [0.717, 1.165) is 25.7 Å². The summed E-state index contributed by atoms with van der Waals surface area (Å²) in [7, 11) is -0.160. The van der Waals surface area contributed by atoms with Gasteiger partial charge in [0.05, 0.1) is 52.9 Å². The highest BCUT2D eigenvalue weighted by Gasteiger charge is 2.48. The summed E-state index contributed by atoms with van der Waals surface area (Å²) in [5.74, 6) is 2.14. The molecule has 0 aromatic heterocycles. The summed E-state index contributed by atoms with van der Waals surface area (Å²) < 4.78 is 69.6. The Kier molecular flexibility index (Phi) is 45.1. The van der Waals surface area contributed by atoms with Gasteiger partial charge in [-0.15, -0.1) is 0 Å². The SMILES string of the molecule is CCCCC(CC)CO[Si](OCC(CC)CCCC)(OCC(CC)CCCC)OCC(CC)CCCC.COCCO[Si](OCCOC)(OCCOC)OCCOC. The van der Waals surface area contributed by atoms with Crippen LogP contribution in [-0.4, -0.2) is 126 Å². The summed E-state index contributed by atoms with van der Waals surface area (Å²) >= 11 is 0. The average Bonchev–Trinajstić information content (AvgIpc) is 3.24. The molecular weight excluding hydrogens is 777 g/mol. The monoisotopic (exact) mass is 873 g/mol. The zero-order valence-corrected chi connectivity index (χ0v) is 42.0. The molecule has 0 rings (SSSR count). The van der Waals surface area contributed by atoms with Crippen molar-refractivity contribution in [2.45, 2.75) is 158 Å². The molecule has 0 aliphatic carbocycles. The van der Waals surface area contributed by atoms with E-state index >= 15 is 0 Å². The minimum atomic E-state index is -3.27. The summed E-state index contributed by atoms with van der Waals surface area (Å²) in [6, 6.07) is 0. The molecular formula is C44H96O12Si2. The van der Waals surface area contributed by atoms with Crippen LogP contribution in [0.2, 0.25) is 0 Å². The van der Waals surface area contributed by atoms with E-state index in [1.807, 2.05) is 0 Å². The van der Waals surface area contributed by atoms with E-state index in [0.29, 0.717) is 103 Å². The van der Waals surface area contributed by atoms with Gasteiger partial charge in [0.2, 0.25) is 0 Å². The summed E-state index contributed by atoms with van der Waals surface area (Å²) in [5, 5.41) is 0. The molecule has 0 N–H and O–H groups in total. The fourth-order valence-electron chi connectivity index (χ4n) is 5.97. The first-order chi connectivity index (χ1) is 28.2. The fraction of sp³-hybridized carbons (Fsp3) is 1.00. The van der Waals surface area contributed by atoms with Crippen LogP contribution in [0.1, 0.15) is 158 Å². The first-order valence-electron chi connectivity index (χ1n) is 23.3. The zero-order chi connectivity index (χ0) is 43.6. The molecule has 0 spiro atoms. The van der Waals surface area contributed by atoms with E-state index in [1.54, 1.807) is 28.4 Å². The molecule has 0 aliphatic rings. The molecule has 0 bridgehead atoms. The lowest BCUT2D eigenvalue weighted by atomic mass is 10.0. The number of unbranched alkanes of at least 4 members (excludes halogenated alkanes) is 4. The van der Waals surface area contributed by atoms with E-state index in [2.05, 4.69) is 55.4 Å². The predicted octanol–water partition coefficient (Wildman–Crippen LogP) is 10.4. The van der Waals surface area contributed by atoms with E-state index in [9.17, 15) is 0 Å². The van der Waals surface area contributed by atoms with Crippen LogP contribution < -0.4 is 0 Å². The Morgan fingerprint density at radius 3 is 0.672 bits per heavy atom. The number of hydrogen-bond donors (Lipinski definition) is 0. The van der Waals surface area contributed by atoms with Crippen molar-refractivity contribution in [1.82, 2.24) is 0 Å². The summed E-state index contributed by atoms with van der Waals surface area (Å²) in [6.45, 7) is 23.9. The third-order valence-corrected chi connectivity index (χ3v) is 14.7. The molecule has 0 aromatic rings.